The Morgan fingerprint density at radius 3 is 1.52 bits per heavy atom. The lowest BCUT2D eigenvalue weighted by Gasteiger charge is -2.06. The summed E-state index contributed by atoms with van der Waals surface area (Å²) in [6, 6.07) is 42.8. The van der Waals surface area contributed by atoms with Gasteiger partial charge in [0.2, 0.25) is 0 Å². The Balaban J connectivity index is 1.97. The van der Waals surface area contributed by atoms with E-state index >= 15 is 0 Å². The second-order valence-corrected chi connectivity index (χ2v) is 7.53. The van der Waals surface area contributed by atoms with Crippen LogP contribution in [0.15, 0.2) is 121 Å². The quantitative estimate of drug-likeness (QED) is 0.287. The van der Waals surface area contributed by atoms with Crippen molar-refractivity contribution >= 4 is 0 Å². The number of imidazole rings is 1. The molecule has 2 heteroatoms. The summed E-state index contributed by atoms with van der Waals surface area (Å²) in [5, 5.41) is 0. The van der Waals surface area contributed by atoms with E-state index in [-0.39, 0.29) is 0 Å². The summed E-state index contributed by atoms with van der Waals surface area (Å²) in [5.74, 6) is 1.19. The number of hydrogen-bond acceptors (Lipinski definition) is 0. The Bertz CT molecular complexity index is 1170. The summed E-state index contributed by atoms with van der Waals surface area (Å²) in [6.07, 6.45) is 0. The molecule has 0 amide bonds. The topological polar surface area (TPSA) is 8.81 Å². The number of rotatable bonds is 5. The monoisotopic (exact) mass is 401 g/mol. The SMILES string of the molecule is CC[n+]1c(-c2ccccc2)c(-c2ccccc2)n(-c2ccccc2)c1-c1ccccc1. The highest BCUT2D eigenvalue weighted by atomic mass is 15.2. The summed E-state index contributed by atoms with van der Waals surface area (Å²) in [4.78, 5) is 0. The molecule has 4 aromatic carbocycles. The van der Waals surface area contributed by atoms with Gasteiger partial charge in [0.25, 0.3) is 5.82 Å². The van der Waals surface area contributed by atoms with Crippen molar-refractivity contribution in [3.8, 4) is 39.6 Å². The largest absolute Gasteiger partial charge is 0.295 e. The predicted octanol–water partition coefficient (Wildman–Crippen LogP) is 6.79. The Hall–Kier alpha value is -3.91. The van der Waals surface area contributed by atoms with Crippen molar-refractivity contribution in [2.24, 2.45) is 0 Å². The molecular formula is C29H25N2+. The number of hydrogen-bond donors (Lipinski definition) is 0. The first-order valence-corrected chi connectivity index (χ1v) is 10.8. The van der Waals surface area contributed by atoms with Gasteiger partial charge in [-0.1, -0.05) is 97.1 Å². The molecule has 0 radical (unpaired) electrons. The van der Waals surface area contributed by atoms with Crippen LogP contribution >= 0.6 is 0 Å². The first-order chi connectivity index (χ1) is 15.4. The molecule has 5 aromatic rings. The second kappa shape index (κ2) is 8.45. The van der Waals surface area contributed by atoms with Gasteiger partial charge in [-0.05, 0) is 31.2 Å². The van der Waals surface area contributed by atoms with Gasteiger partial charge in [0.1, 0.15) is 5.69 Å². The molecule has 0 bridgehead atoms. The average Bonchev–Trinajstić information content (AvgIpc) is 3.21. The van der Waals surface area contributed by atoms with E-state index in [0.717, 1.165) is 12.2 Å². The highest BCUT2D eigenvalue weighted by Gasteiger charge is 2.33. The van der Waals surface area contributed by atoms with E-state index in [9.17, 15) is 0 Å². The zero-order chi connectivity index (χ0) is 21.0. The molecule has 2 nitrogen and oxygen atoms in total. The van der Waals surface area contributed by atoms with E-state index in [1.54, 1.807) is 0 Å². The van der Waals surface area contributed by atoms with Gasteiger partial charge in [0.05, 0.1) is 12.1 Å². The molecule has 150 valence electrons. The Labute approximate surface area is 183 Å². The molecule has 31 heavy (non-hydrogen) atoms. The summed E-state index contributed by atoms with van der Waals surface area (Å²) in [5.41, 5.74) is 7.22. The predicted molar refractivity (Wildman–Crippen MR) is 128 cm³/mol. The van der Waals surface area contributed by atoms with Crippen molar-refractivity contribution in [1.29, 1.82) is 0 Å². The van der Waals surface area contributed by atoms with E-state index in [4.69, 9.17) is 0 Å². The number of nitrogens with zero attached hydrogens (tertiary/aromatic N) is 2. The van der Waals surface area contributed by atoms with Crippen molar-refractivity contribution in [3.05, 3.63) is 121 Å². The molecule has 5 rings (SSSR count). The van der Waals surface area contributed by atoms with Crippen molar-refractivity contribution in [3.63, 3.8) is 0 Å². The second-order valence-electron chi connectivity index (χ2n) is 7.53. The zero-order valence-electron chi connectivity index (χ0n) is 17.6. The zero-order valence-corrected chi connectivity index (χ0v) is 17.6. The first kappa shape index (κ1) is 19.1. The van der Waals surface area contributed by atoms with E-state index < -0.39 is 0 Å². The maximum atomic E-state index is 2.44. The minimum Gasteiger partial charge on any atom is -0.222 e. The highest BCUT2D eigenvalue weighted by Crippen LogP contribution is 2.37. The van der Waals surface area contributed by atoms with Crippen molar-refractivity contribution in [2.75, 3.05) is 0 Å². The van der Waals surface area contributed by atoms with Crippen LogP contribution in [0, 0.1) is 0 Å². The summed E-state index contributed by atoms with van der Waals surface area (Å²) in [7, 11) is 0. The van der Waals surface area contributed by atoms with Crippen LogP contribution in [0.2, 0.25) is 0 Å². The van der Waals surface area contributed by atoms with Crippen molar-refractivity contribution in [2.45, 2.75) is 13.5 Å². The van der Waals surface area contributed by atoms with Crippen LogP contribution in [0.25, 0.3) is 39.6 Å². The molecule has 0 aliphatic rings. The average molecular weight is 402 g/mol. The lowest BCUT2D eigenvalue weighted by Crippen LogP contribution is -2.36. The van der Waals surface area contributed by atoms with Gasteiger partial charge in [-0.2, -0.15) is 4.57 Å². The molecular weight excluding hydrogens is 376 g/mol. The summed E-state index contributed by atoms with van der Waals surface area (Å²) in [6.45, 7) is 3.09. The molecule has 0 saturated carbocycles. The first-order valence-electron chi connectivity index (χ1n) is 10.8. The van der Waals surface area contributed by atoms with Crippen LogP contribution in [-0.2, 0) is 6.54 Å². The van der Waals surface area contributed by atoms with Crippen LogP contribution in [0.5, 0.6) is 0 Å². The summed E-state index contributed by atoms with van der Waals surface area (Å²) < 4.78 is 4.86. The van der Waals surface area contributed by atoms with Gasteiger partial charge in [0, 0.05) is 11.1 Å². The maximum absolute atomic E-state index is 2.44. The highest BCUT2D eigenvalue weighted by molar-refractivity contribution is 5.81. The maximum Gasteiger partial charge on any atom is 0.295 e. The third-order valence-corrected chi connectivity index (χ3v) is 5.64. The van der Waals surface area contributed by atoms with Gasteiger partial charge in [0.15, 0.2) is 11.4 Å². The van der Waals surface area contributed by atoms with E-state index in [2.05, 4.69) is 137 Å². The fourth-order valence-corrected chi connectivity index (χ4v) is 4.33. The fourth-order valence-electron chi connectivity index (χ4n) is 4.33. The van der Waals surface area contributed by atoms with Gasteiger partial charge < -0.3 is 0 Å². The molecule has 0 unspecified atom stereocenters. The molecule has 1 aromatic heterocycles. The van der Waals surface area contributed by atoms with Crippen LogP contribution in [-0.4, -0.2) is 4.57 Å². The molecule has 0 aliphatic heterocycles. The molecule has 0 atom stereocenters. The van der Waals surface area contributed by atoms with Crippen LogP contribution in [0.3, 0.4) is 0 Å². The van der Waals surface area contributed by atoms with Gasteiger partial charge in [-0.3, -0.25) is 0 Å². The smallest absolute Gasteiger partial charge is 0.222 e. The standard InChI is InChI=1S/C29H25N2/c1-2-30-27(23-15-7-3-8-16-23)28(24-17-9-4-10-18-24)31(26-21-13-6-14-22-26)29(30)25-19-11-5-12-20-25/h3-22H,2H2,1H3/q+1. The number of aromatic nitrogens is 2. The molecule has 0 fully saturated rings. The minimum absolute atomic E-state index is 0.869. The lowest BCUT2D eigenvalue weighted by molar-refractivity contribution is -0.671. The molecule has 1 heterocycles. The van der Waals surface area contributed by atoms with Gasteiger partial charge in [-0.25, -0.2) is 4.57 Å². The molecule has 0 aliphatic carbocycles. The van der Waals surface area contributed by atoms with Crippen molar-refractivity contribution < 1.29 is 4.57 Å². The third kappa shape index (κ3) is 3.47. The van der Waals surface area contributed by atoms with Crippen LogP contribution in [0.1, 0.15) is 6.92 Å². The van der Waals surface area contributed by atoms with E-state index in [1.165, 1.54) is 33.9 Å². The fraction of sp³-hybridized carbons (Fsp3) is 0.0690. The molecule has 0 N–H and O–H groups in total. The molecule has 0 saturated heterocycles. The van der Waals surface area contributed by atoms with Gasteiger partial charge in [-0.15, -0.1) is 0 Å². The number of para-hydroxylation sites is 1. The minimum atomic E-state index is 0.869. The Morgan fingerprint density at radius 2 is 1.00 bits per heavy atom. The lowest BCUT2D eigenvalue weighted by atomic mass is 10.0. The Morgan fingerprint density at radius 1 is 0.548 bits per heavy atom. The van der Waals surface area contributed by atoms with Crippen LogP contribution < -0.4 is 4.57 Å². The number of benzene rings is 4. The van der Waals surface area contributed by atoms with Gasteiger partial charge >= 0.3 is 0 Å². The third-order valence-electron chi connectivity index (χ3n) is 5.64. The normalized spacial score (nSPS) is 10.9. The van der Waals surface area contributed by atoms with E-state index in [0.29, 0.717) is 0 Å². The van der Waals surface area contributed by atoms with E-state index in [1.807, 2.05) is 0 Å². The van der Waals surface area contributed by atoms with Crippen molar-refractivity contribution in [1.82, 2.24) is 4.57 Å². The molecule has 0 spiro atoms. The Kier molecular flexibility index (Phi) is 5.20. The summed E-state index contributed by atoms with van der Waals surface area (Å²) >= 11 is 0. The van der Waals surface area contributed by atoms with Crippen LogP contribution in [0.4, 0.5) is 0 Å².